The highest BCUT2D eigenvalue weighted by Gasteiger charge is 2.24. The summed E-state index contributed by atoms with van der Waals surface area (Å²) in [5.41, 5.74) is 1.86. The maximum absolute atomic E-state index is 5.64. The van der Waals surface area contributed by atoms with E-state index in [1.807, 2.05) is 28.8 Å². The molecule has 0 fully saturated rings. The van der Waals surface area contributed by atoms with Gasteiger partial charge in [0.25, 0.3) is 0 Å². The lowest BCUT2D eigenvalue weighted by Gasteiger charge is -2.12. The molecule has 2 aromatic heterocycles. The molecule has 0 saturated carbocycles. The topological polar surface area (TPSA) is 64.3 Å². The minimum absolute atomic E-state index is 0.0894. The molecule has 1 unspecified atom stereocenters. The second kappa shape index (κ2) is 3.94. The number of aromatic nitrogens is 4. The van der Waals surface area contributed by atoms with Gasteiger partial charge >= 0.3 is 0 Å². The van der Waals surface area contributed by atoms with Gasteiger partial charge in [0.05, 0.1) is 6.04 Å². The number of hydrogen-bond donors (Lipinski definition) is 1. The smallest absolute Gasteiger partial charge is 0.203 e. The maximum Gasteiger partial charge on any atom is 0.203 e. The first-order chi connectivity index (χ1) is 9.42. The Kier molecular flexibility index (Phi) is 2.14. The molecule has 0 aliphatic carbocycles. The van der Waals surface area contributed by atoms with Gasteiger partial charge in [0.2, 0.25) is 5.65 Å². The van der Waals surface area contributed by atoms with Gasteiger partial charge in [0.15, 0.2) is 5.82 Å². The van der Waals surface area contributed by atoms with Crippen molar-refractivity contribution in [2.75, 3.05) is 11.9 Å². The average Bonchev–Trinajstić information content (AvgIpc) is 3.06. The molecule has 1 aliphatic rings. The molecule has 3 heterocycles. The van der Waals surface area contributed by atoms with Crippen molar-refractivity contribution in [3.63, 3.8) is 0 Å². The summed E-state index contributed by atoms with van der Waals surface area (Å²) in [6.07, 6.45) is 5.20. The predicted octanol–water partition coefficient (Wildman–Crippen LogP) is 1.67. The summed E-state index contributed by atoms with van der Waals surface area (Å²) < 4.78 is 7.47. The van der Waals surface area contributed by atoms with Gasteiger partial charge in [-0.15, -0.1) is 10.2 Å². The van der Waals surface area contributed by atoms with Crippen LogP contribution in [0.5, 0.6) is 5.75 Å². The molecule has 0 bridgehead atoms. The lowest BCUT2D eigenvalue weighted by atomic mass is 10.1. The number of rotatable bonds is 2. The Morgan fingerprint density at radius 2 is 2.26 bits per heavy atom. The molecule has 6 nitrogen and oxygen atoms in total. The quantitative estimate of drug-likeness (QED) is 0.752. The van der Waals surface area contributed by atoms with Gasteiger partial charge in [0, 0.05) is 18.0 Å². The monoisotopic (exact) mass is 253 g/mol. The molecule has 0 radical (unpaired) electrons. The molecule has 4 rings (SSSR count). The van der Waals surface area contributed by atoms with Gasteiger partial charge in [-0.3, -0.25) is 4.40 Å². The molecular weight excluding hydrogens is 242 g/mol. The zero-order valence-electron chi connectivity index (χ0n) is 10.0. The Hall–Kier alpha value is -2.63. The number of nitrogens with zero attached hydrogens (tertiary/aromatic N) is 4. The fourth-order valence-corrected chi connectivity index (χ4v) is 2.31. The van der Waals surface area contributed by atoms with Crippen molar-refractivity contribution in [2.45, 2.75) is 6.04 Å². The van der Waals surface area contributed by atoms with Crippen LogP contribution >= 0.6 is 0 Å². The first kappa shape index (κ1) is 10.3. The van der Waals surface area contributed by atoms with Crippen LogP contribution in [0, 0.1) is 0 Å². The van der Waals surface area contributed by atoms with E-state index in [0.717, 1.165) is 11.3 Å². The fourth-order valence-electron chi connectivity index (χ4n) is 2.31. The van der Waals surface area contributed by atoms with Gasteiger partial charge in [0.1, 0.15) is 18.7 Å². The Balaban J connectivity index is 1.71. The molecule has 0 amide bonds. The Bertz CT molecular complexity index is 738. The molecule has 1 aliphatic heterocycles. The van der Waals surface area contributed by atoms with Crippen molar-refractivity contribution in [2.24, 2.45) is 0 Å². The van der Waals surface area contributed by atoms with Gasteiger partial charge in [-0.25, -0.2) is 4.98 Å². The molecule has 0 spiro atoms. The van der Waals surface area contributed by atoms with Crippen LogP contribution in [0.25, 0.3) is 5.65 Å². The minimum Gasteiger partial charge on any atom is -0.491 e. The van der Waals surface area contributed by atoms with Crippen molar-refractivity contribution in [3.8, 4) is 5.75 Å². The maximum atomic E-state index is 5.64. The lowest BCUT2D eigenvalue weighted by molar-refractivity contribution is 0.339. The molecule has 19 heavy (non-hydrogen) atoms. The zero-order chi connectivity index (χ0) is 12.7. The summed E-state index contributed by atoms with van der Waals surface area (Å²) >= 11 is 0. The fraction of sp³-hybridized carbons (Fsp3) is 0.154. The first-order valence-corrected chi connectivity index (χ1v) is 6.04. The van der Waals surface area contributed by atoms with Crippen LogP contribution in [0.3, 0.4) is 0 Å². The van der Waals surface area contributed by atoms with E-state index in [2.05, 4.69) is 26.6 Å². The van der Waals surface area contributed by atoms with E-state index >= 15 is 0 Å². The molecule has 1 atom stereocenters. The summed E-state index contributed by atoms with van der Waals surface area (Å²) in [5.74, 6) is 1.64. The van der Waals surface area contributed by atoms with E-state index < -0.39 is 0 Å². The van der Waals surface area contributed by atoms with E-state index in [0.29, 0.717) is 18.1 Å². The molecule has 1 N–H and O–H groups in total. The highest BCUT2D eigenvalue weighted by molar-refractivity contribution is 5.63. The third kappa shape index (κ3) is 1.61. The van der Waals surface area contributed by atoms with E-state index in [1.165, 1.54) is 0 Å². The van der Waals surface area contributed by atoms with Crippen LogP contribution in [-0.2, 0) is 0 Å². The number of benzene rings is 1. The van der Waals surface area contributed by atoms with Crippen LogP contribution in [-0.4, -0.2) is 26.2 Å². The third-order valence-corrected chi connectivity index (χ3v) is 3.23. The number of hydrogen-bond acceptors (Lipinski definition) is 5. The zero-order valence-corrected chi connectivity index (χ0v) is 10.0. The summed E-state index contributed by atoms with van der Waals surface area (Å²) in [4.78, 5) is 4.33. The van der Waals surface area contributed by atoms with Crippen LogP contribution < -0.4 is 10.1 Å². The standard InChI is InChI=1S/C13H11N5O/c1-2-4-11-9(3-1)10(7-19-11)16-12-13-17-15-8-18(13)6-5-14-12/h1-6,8,10H,7H2,(H,14,16). The molecule has 6 heteroatoms. The van der Waals surface area contributed by atoms with Crippen molar-refractivity contribution in [1.82, 2.24) is 19.6 Å². The average molecular weight is 253 g/mol. The number of fused-ring (bicyclic) bond motifs is 2. The molecular formula is C13H11N5O. The molecule has 0 saturated heterocycles. The van der Waals surface area contributed by atoms with E-state index in [1.54, 1.807) is 12.5 Å². The number of anilines is 1. The van der Waals surface area contributed by atoms with Crippen LogP contribution in [0.2, 0.25) is 0 Å². The van der Waals surface area contributed by atoms with Crippen molar-refractivity contribution in [3.05, 3.63) is 48.5 Å². The first-order valence-electron chi connectivity index (χ1n) is 6.04. The largest absolute Gasteiger partial charge is 0.491 e. The molecule has 94 valence electrons. The predicted molar refractivity (Wildman–Crippen MR) is 69.1 cm³/mol. The van der Waals surface area contributed by atoms with Crippen molar-refractivity contribution < 1.29 is 4.74 Å². The Morgan fingerprint density at radius 3 is 3.26 bits per heavy atom. The second-order valence-corrected chi connectivity index (χ2v) is 4.38. The number of para-hydroxylation sites is 1. The summed E-state index contributed by atoms with van der Waals surface area (Å²) in [7, 11) is 0. The SMILES string of the molecule is c1ccc2c(c1)OCC2Nc1nccn2cnnc12. The number of ether oxygens (including phenoxy) is 1. The van der Waals surface area contributed by atoms with Crippen LogP contribution in [0.4, 0.5) is 5.82 Å². The minimum atomic E-state index is 0.0894. The van der Waals surface area contributed by atoms with E-state index in [4.69, 9.17) is 4.74 Å². The molecule has 1 aromatic carbocycles. The lowest BCUT2D eigenvalue weighted by Crippen LogP contribution is -2.13. The van der Waals surface area contributed by atoms with Crippen LogP contribution in [0.1, 0.15) is 11.6 Å². The Labute approximate surface area is 109 Å². The summed E-state index contributed by atoms with van der Waals surface area (Å²) in [6.45, 7) is 0.593. The number of nitrogens with one attached hydrogen (secondary N) is 1. The van der Waals surface area contributed by atoms with E-state index in [9.17, 15) is 0 Å². The van der Waals surface area contributed by atoms with Crippen molar-refractivity contribution in [1.29, 1.82) is 0 Å². The second-order valence-electron chi connectivity index (χ2n) is 4.38. The van der Waals surface area contributed by atoms with Gasteiger partial charge in [-0.1, -0.05) is 18.2 Å². The van der Waals surface area contributed by atoms with Crippen molar-refractivity contribution >= 4 is 11.5 Å². The Morgan fingerprint density at radius 1 is 1.32 bits per heavy atom. The van der Waals surface area contributed by atoms with Gasteiger partial charge in [-0.05, 0) is 6.07 Å². The summed E-state index contributed by atoms with van der Waals surface area (Å²) in [5, 5.41) is 11.3. The normalized spacial score (nSPS) is 17.2. The van der Waals surface area contributed by atoms with Gasteiger partial charge in [-0.2, -0.15) is 0 Å². The van der Waals surface area contributed by atoms with Gasteiger partial charge < -0.3 is 10.1 Å². The highest BCUT2D eigenvalue weighted by Crippen LogP contribution is 2.34. The molecule has 3 aromatic rings. The highest BCUT2D eigenvalue weighted by atomic mass is 16.5. The third-order valence-electron chi connectivity index (χ3n) is 3.23. The summed E-state index contributed by atoms with van der Waals surface area (Å²) in [6, 6.07) is 8.10. The van der Waals surface area contributed by atoms with Crippen LogP contribution in [0.15, 0.2) is 43.0 Å². The van der Waals surface area contributed by atoms with E-state index in [-0.39, 0.29) is 6.04 Å².